The van der Waals surface area contributed by atoms with E-state index < -0.39 is 0 Å². The van der Waals surface area contributed by atoms with Gasteiger partial charge in [-0.1, -0.05) is 17.7 Å². The Hall–Kier alpha value is -1.99. The van der Waals surface area contributed by atoms with Crippen LogP contribution in [-0.4, -0.2) is 48.6 Å². The van der Waals surface area contributed by atoms with Crippen LogP contribution in [0.2, 0.25) is 5.02 Å². The molecule has 0 unspecified atom stereocenters. The zero-order valence-corrected chi connectivity index (χ0v) is 15.8. The quantitative estimate of drug-likeness (QED) is 0.639. The molecule has 2 N–H and O–H groups in total. The van der Waals surface area contributed by atoms with Crippen molar-refractivity contribution in [2.24, 2.45) is 10.7 Å². The molecule has 0 bridgehead atoms. The number of ether oxygens (including phenoxy) is 1. The predicted octanol–water partition coefficient (Wildman–Crippen LogP) is 2.83. The fourth-order valence-electron chi connectivity index (χ4n) is 2.71. The van der Waals surface area contributed by atoms with Crippen molar-refractivity contribution >= 4 is 34.0 Å². The Morgan fingerprint density at radius 3 is 2.84 bits per heavy atom. The predicted molar refractivity (Wildman–Crippen MR) is 104 cm³/mol. The molecule has 1 aromatic carbocycles. The van der Waals surface area contributed by atoms with Crippen molar-refractivity contribution in [2.45, 2.75) is 13.5 Å². The Morgan fingerprint density at radius 1 is 1.36 bits per heavy atom. The van der Waals surface area contributed by atoms with Gasteiger partial charge >= 0.3 is 0 Å². The van der Waals surface area contributed by atoms with E-state index in [2.05, 4.69) is 19.8 Å². The Kier molecular flexibility index (Phi) is 5.99. The summed E-state index contributed by atoms with van der Waals surface area (Å²) in [6.45, 7) is 6.49. The van der Waals surface area contributed by atoms with Gasteiger partial charge in [0.2, 0.25) is 0 Å². The summed E-state index contributed by atoms with van der Waals surface area (Å²) < 4.78 is 5.63. The Balaban J connectivity index is 1.59. The lowest BCUT2D eigenvalue weighted by Crippen LogP contribution is -2.51. The summed E-state index contributed by atoms with van der Waals surface area (Å²) in [7, 11) is 0. The van der Waals surface area contributed by atoms with Gasteiger partial charge in [-0.15, -0.1) is 11.3 Å². The Morgan fingerprint density at radius 2 is 2.16 bits per heavy atom. The minimum atomic E-state index is 0.477. The molecule has 0 atom stereocenters. The molecule has 2 heterocycles. The van der Waals surface area contributed by atoms with Crippen LogP contribution in [-0.2, 0) is 6.54 Å². The maximum Gasteiger partial charge on any atom is 0.191 e. The van der Waals surface area contributed by atoms with Crippen LogP contribution >= 0.6 is 22.9 Å². The summed E-state index contributed by atoms with van der Waals surface area (Å²) in [6.07, 6.45) is 1.84. The van der Waals surface area contributed by atoms with Crippen LogP contribution in [0.3, 0.4) is 0 Å². The number of hydrogen-bond acceptors (Lipinski definition) is 5. The van der Waals surface area contributed by atoms with E-state index in [1.807, 2.05) is 36.7 Å². The first-order chi connectivity index (χ1) is 12.2. The average Bonchev–Trinajstić information content (AvgIpc) is 3.16. The zero-order valence-electron chi connectivity index (χ0n) is 14.2. The number of anilines is 1. The van der Waals surface area contributed by atoms with Crippen LogP contribution in [0.4, 0.5) is 5.13 Å². The fraction of sp³-hybridized carbons (Fsp3) is 0.412. The smallest absolute Gasteiger partial charge is 0.191 e. The summed E-state index contributed by atoms with van der Waals surface area (Å²) in [6, 6.07) is 5.60. The van der Waals surface area contributed by atoms with Crippen LogP contribution in [0.15, 0.2) is 34.8 Å². The number of thiazole rings is 1. The molecule has 0 amide bonds. The van der Waals surface area contributed by atoms with E-state index in [9.17, 15) is 0 Å². The van der Waals surface area contributed by atoms with E-state index in [-0.39, 0.29) is 0 Å². The number of halogens is 1. The first-order valence-electron chi connectivity index (χ1n) is 8.28. The summed E-state index contributed by atoms with van der Waals surface area (Å²) in [5.41, 5.74) is 7.17. The van der Waals surface area contributed by atoms with Crippen molar-refractivity contribution in [3.8, 4) is 5.75 Å². The lowest BCUT2D eigenvalue weighted by Gasteiger charge is -2.35. The van der Waals surface area contributed by atoms with Crippen molar-refractivity contribution in [3.63, 3.8) is 0 Å². The maximum absolute atomic E-state index is 6.19. The third-order valence-electron chi connectivity index (χ3n) is 4.03. The van der Waals surface area contributed by atoms with Gasteiger partial charge in [0.25, 0.3) is 0 Å². The highest BCUT2D eigenvalue weighted by molar-refractivity contribution is 7.13. The van der Waals surface area contributed by atoms with Gasteiger partial charge in [0.05, 0.1) is 13.2 Å². The molecular formula is C17H22ClN5OS. The lowest BCUT2D eigenvalue weighted by molar-refractivity contribution is 0.336. The van der Waals surface area contributed by atoms with Crippen LogP contribution in [0, 0.1) is 0 Å². The maximum atomic E-state index is 6.19. The van der Waals surface area contributed by atoms with E-state index in [1.165, 1.54) is 0 Å². The van der Waals surface area contributed by atoms with Gasteiger partial charge in [0.15, 0.2) is 11.1 Å². The van der Waals surface area contributed by atoms with Crippen molar-refractivity contribution in [1.29, 1.82) is 0 Å². The number of aromatic nitrogens is 1. The lowest BCUT2D eigenvalue weighted by atomic mass is 10.2. The highest BCUT2D eigenvalue weighted by atomic mass is 35.5. The third-order valence-corrected chi connectivity index (χ3v) is 5.10. The second-order valence-corrected chi connectivity index (χ2v) is 6.96. The molecule has 8 heteroatoms. The average molecular weight is 380 g/mol. The number of rotatable bonds is 5. The molecular weight excluding hydrogens is 358 g/mol. The second kappa shape index (κ2) is 8.40. The number of nitrogens with zero attached hydrogens (tertiary/aromatic N) is 4. The highest BCUT2D eigenvalue weighted by Crippen LogP contribution is 2.24. The number of guanidine groups is 1. The van der Waals surface area contributed by atoms with E-state index in [4.69, 9.17) is 22.1 Å². The number of piperazine rings is 1. The topological polar surface area (TPSA) is 67.0 Å². The van der Waals surface area contributed by atoms with Crippen LogP contribution in [0.5, 0.6) is 5.75 Å². The molecule has 0 radical (unpaired) electrons. The molecule has 0 saturated carbocycles. The molecule has 134 valence electrons. The summed E-state index contributed by atoms with van der Waals surface area (Å²) in [4.78, 5) is 13.3. The van der Waals surface area contributed by atoms with Crippen molar-refractivity contribution in [1.82, 2.24) is 9.88 Å². The summed E-state index contributed by atoms with van der Waals surface area (Å²) >= 11 is 7.70. The molecule has 0 aliphatic carbocycles. The fourth-order valence-corrected chi connectivity index (χ4v) is 3.57. The summed E-state index contributed by atoms with van der Waals surface area (Å²) in [5.74, 6) is 1.33. The van der Waals surface area contributed by atoms with Gasteiger partial charge in [-0.2, -0.15) is 0 Å². The van der Waals surface area contributed by atoms with E-state index in [0.29, 0.717) is 24.1 Å². The Bertz CT molecular complexity index is 714. The molecule has 2 aromatic rings. The largest absolute Gasteiger partial charge is 0.493 e. The first-order valence-corrected chi connectivity index (χ1v) is 9.53. The van der Waals surface area contributed by atoms with Crippen molar-refractivity contribution < 1.29 is 4.74 Å². The number of aliphatic imine (C=N–C) groups is 1. The third kappa shape index (κ3) is 4.55. The molecule has 1 saturated heterocycles. The van der Waals surface area contributed by atoms with Crippen LogP contribution in [0.1, 0.15) is 12.5 Å². The van der Waals surface area contributed by atoms with Gasteiger partial charge in [-0.05, 0) is 19.1 Å². The minimum absolute atomic E-state index is 0.477. The second-order valence-electron chi connectivity index (χ2n) is 5.65. The summed E-state index contributed by atoms with van der Waals surface area (Å²) in [5, 5.41) is 3.72. The van der Waals surface area contributed by atoms with Crippen LogP contribution < -0.4 is 15.4 Å². The van der Waals surface area contributed by atoms with Gasteiger partial charge < -0.3 is 20.3 Å². The van der Waals surface area contributed by atoms with E-state index in [1.54, 1.807) is 11.3 Å². The van der Waals surface area contributed by atoms with Crippen LogP contribution in [0.25, 0.3) is 0 Å². The van der Waals surface area contributed by atoms with Gasteiger partial charge in [0, 0.05) is 48.3 Å². The number of nitrogens with two attached hydrogens (primary N) is 1. The number of hydrogen-bond donors (Lipinski definition) is 1. The standard InChI is InChI=1S/C17H22ClN5OS/c1-2-24-15-11-14(18)4-3-13(15)12-21-16(19)22-6-8-23(9-7-22)17-20-5-10-25-17/h3-5,10-11H,2,6-9,12H2,1H3,(H2,19,21). The van der Waals surface area contributed by atoms with Crippen molar-refractivity contribution in [2.75, 3.05) is 37.7 Å². The molecule has 1 aliphatic rings. The number of benzene rings is 1. The van der Waals surface area contributed by atoms with Gasteiger partial charge in [0.1, 0.15) is 5.75 Å². The molecule has 25 heavy (non-hydrogen) atoms. The zero-order chi connectivity index (χ0) is 17.6. The first kappa shape index (κ1) is 17.8. The van der Waals surface area contributed by atoms with E-state index in [0.717, 1.165) is 42.6 Å². The molecule has 6 nitrogen and oxygen atoms in total. The molecule has 0 spiro atoms. The van der Waals surface area contributed by atoms with Crippen molar-refractivity contribution in [3.05, 3.63) is 40.4 Å². The van der Waals surface area contributed by atoms with E-state index >= 15 is 0 Å². The normalized spacial score (nSPS) is 15.5. The SMILES string of the molecule is CCOc1cc(Cl)ccc1CN=C(N)N1CCN(c2nccs2)CC1. The molecule has 1 aromatic heterocycles. The van der Waals surface area contributed by atoms with Gasteiger partial charge in [-0.25, -0.2) is 9.98 Å². The molecule has 1 aliphatic heterocycles. The molecule has 3 rings (SSSR count). The monoisotopic (exact) mass is 379 g/mol. The Labute approximate surface area is 156 Å². The molecule has 1 fully saturated rings. The minimum Gasteiger partial charge on any atom is -0.493 e. The highest BCUT2D eigenvalue weighted by Gasteiger charge is 2.19. The van der Waals surface area contributed by atoms with Gasteiger partial charge in [-0.3, -0.25) is 0 Å².